The first-order valence-corrected chi connectivity index (χ1v) is 15.5. The predicted octanol–water partition coefficient (Wildman–Crippen LogP) is 4.19. The van der Waals surface area contributed by atoms with E-state index in [0.29, 0.717) is 19.4 Å². The smallest absolute Gasteiger partial charge is 0.193 e. The zero-order valence-electron chi connectivity index (χ0n) is 25.0. The van der Waals surface area contributed by atoms with Crippen molar-refractivity contribution in [2.24, 2.45) is 28.6 Å². The van der Waals surface area contributed by atoms with Gasteiger partial charge < -0.3 is 29.4 Å². The molecule has 3 N–H and O–H groups in total. The van der Waals surface area contributed by atoms with Crippen LogP contribution in [0.4, 0.5) is 0 Å². The molecule has 5 aliphatic rings. The normalized spacial score (nSPS) is 40.3. The molecule has 2 heterocycles. The van der Waals surface area contributed by atoms with Gasteiger partial charge in [0, 0.05) is 41.2 Å². The molecule has 1 saturated heterocycles. The van der Waals surface area contributed by atoms with Gasteiger partial charge in [-0.15, -0.1) is 0 Å². The Kier molecular flexibility index (Phi) is 6.76. The molecular weight excluding hydrogens is 546 g/mol. The van der Waals surface area contributed by atoms with Crippen molar-refractivity contribution in [2.45, 2.75) is 83.2 Å². The second kappa shape index (κ2) is 10.1. The second-order valence-electron chi connectivity index (χ2n) is 13.9. The summed E-state index contributed by atoms with van der Waals surface area (Å²) in [5.41, 5.74) is 1.33. The Morgan fingerprint density at radius 3 is 2.67 bits per heavy atom. The average molecular weight is 588 g/mol. The molecule has 0 spiro atoms. The van der Waals surface area contributed by atoms with E-state index in [1.165, 1.54) is 0 Å². The number of carbonyl (C=O) groups is 2. The lowest BCUT2D eigenvalue weighted by molar-refractivity contribution is -0.201. The number of hydrogen-bond donors (Lipinski definition) is 3. The van der Waals surface area contributed by atoms with Crippen molar-refractivity contribution in [1.82, 2.24) is 4.57 Å². The largest absolute Gasteiger partial charge is 0.393 e. The molecule has 4 fully saturated rings. The first-order valence-electron chi connectivity index (χ1n) is 15.5. The molecule has 2 aromatic rings. The minimum absolute atomic E-state index is 0.000122. The summed E-state index contributed by atoms with van der Waals surface area (Å²) in [6.07, 6.45) is 9.30. The number of rotatable bonds is 6. The zero-order valence-corrected chi connectivity index (χ0v) is 25.0. The van der Waals surface area contributed by atoms with E-state index in [2.05, 4.69) is 6.92 Å². The van der Waals surface area contributed by atoms with Crippen molar-refractivity contribution in [3.8, 4) is 0 Å². The fourth-order valence-electron chi connectivity index (χ4n) is 9.64. The van der Waals surface area contributed by atoms with Crippen LogP contribution in [0.1, 0.15) is 75.5 Å². The SMILES string of the molecule is C[C@H](O)c1ccc(Cn2ccc([C@@H]3O[C@@H]4C[C@H]5[C@@H]6CCC7=CC(=O)C=C[C@]7(C)[C@H]6[C@@H](O)C[C@]5(C)[C@]4(C(=O)CO)O3)c2)cc1. The number of Topliss-reactive ketones (excluding diaryl/α,β-unsaturated/α-hetero) is 1. The van der Waals surface area contributed by atoms with Gasteiger partial charge in [0.1, 0.15) is 6.61 Å². The number of fused-ring (bicyclic) bond motifs is 7. The third-order valence-corrected chi connectivity index (χ3v) is 11.7. The topological polar surface area (TPSA) is 118 Å². The van der Waals surface area contributed by atoms with Crippen molar-refractivity contribution in [2.75, 3.05) is 6.61 Å². The fourth-order valence-corrected chi connectivity index (χ4v) is 9.64. The summed E-state index contributed by atoms with van der Waals surface area (Å²) in [5, 5.41) is 31.8. The fraction of sp³-hybridized carbons (Fsp3) is 0.543. The van der Waals surface area contributed by atoms with Gasteiger partial charge >= 0.3 is 0 Å². The number of aliphatic hydroxyl groups excluding tert-OH is 3. The zero-order chi connectivity index (χ0) is 30.3. The summed E-state index contributed by atoms with van der Waals surface area (Å²) in [6.45, 7) is 5.89. The molecule has 1 aromatic heterocycles. The van der Waals surface area contributed by atoms with Crippen LogP contribution in [0.15, 0.2) is 66.5 Å². The number of carbonyl (C=O) groups excluding carboxylic acids is 2. The quantitative estimate of drug-likeness (QED) is 0.464. The third-order valence-electron chi connectivity index (χ3n) is 11.7. The number of allylic oxidation sites excluding steroid dienone is 4. The molecule has 3 saturated carbocycles. The molecule has 8 nitrogen and oxygen atoms in total. The van der Waals surface area contributed by atoms with E-state index >= 15 is 0 Å². The van der Waals surface area contributed by atoms with Crippen LogP contribution in [-0.2, 0) is 25.6 Å². The van der Waals surface area contributed by atoms with Gasteiger partial charge in [0.15, 0.2) is 23.5 Å². The molecular formula is C35H41NO7. The maximum Gasteiger partial charge on any atom is 0.193 e. The lowest BCUT2D eigenvalue weighted by atomic mass is 9.46. The highest BCUT2D eigenvalue weighted by Crippen LogP contribution is 2.70. The summed E-state index contributed by atoms with van der Waals surface area (Å²) in [6, 6.07) is 9.78. The van der Waals surface area contributed by atoms with Crippen LogP contribution in [0, 0.1) is 28.6 Å². The summed E-state index contributed by atoms with van der Waals surface area (Å²) in [4.78, 5) is 25.9. The Morgan fingerprint density at radius 1 is 1.19 bits per heavy atom. The van der Waals surface area contributed by atoms with E-state index < -0.39 is 47.6 Å². The van der Waals surface area contributed by atoms with Crippen molar-refractivity contribution in [3.05, 3.63) is 83.2 Å². The van der Waals surface area contributed by atoms with E-state index in [9.17, 15) is 24.9 Å². The second-order valence-corrected chi connectivity index (χ2v) is 13.9. The Bertz CT molecular complexity index is 1510. The molecule has 228 valence electrons. The summed E-state index contributed by atoms with van der Waals surface area (Å²) >= 11 is 0. The lowest BCUT2D eigenvalue weighted by Crippen LogP contribution is -2.63. The highest BCUT2D eigenvalue weighted by molar-refractivity contribution is 6.01. The standard InChI is InChI=1S/C35H41NO7/c1-20(38)22-6-4-21(5-7-22)17-36-13-11-23(18-36)32-42-30-15-27-26-9-8-24-14-25(39)10-12-33(24,2)31(26)28(40)16-34(27,3)35(30,43-32)29(41)19-37/h4-7,10-14,18,20,26-28,30-32,37-38,40H,8-9,15-17,19H2,1-3H3/t20-,26-,27-,28-,30+,31+,32+,33-,34-,35+/m0/s1. The van der Waals surface area contributed by atoms with Gasteiger partial charge in [-0.05, 0) is 73.8 Å². The lowest BCUT2D eigenvalue weighted by Gasteiger charge is -2.59. The Hall–Kier alpha value is -2.88. The average Bonchev–Trinajstić information content (AvgIpc) is 3.66. The van der Waals surface area contributed by atoms with Crippen molar-refractivity contribution >= 4 is 11.6 Å². The number of hydrogen-bond acceptors (Lipinski definition) is 7. The van der Waals surface area contributed by atoms with E-state index in [0.717, 1.165) is 35.1 Å². The van der Waals surface area contributed by atoms with Crippen LogP contribution < -0.4 is 0 Å². The van der Waals surface area contributed by atoms with Crippen LogP contribution in [0.2, 0.25) is 0 Å². The monoisotopic (exact) mass is 587 g/mol. The van der Waals surface area contributed by atoms with Gasteiger partial charge in [-0.2, -0.15) is 0 Å². The first kappa shape index (κ1) is 28.9. The number of nitrogens with zero attached hydrogens (tertiary/aromatic N) is 1. The van der Waals surface area contributed by atoms with Crippen LogP contribution in [0.5, 0.6) is 0 Å². The van der Waals surface area contributed by atoms with Crippen molar-refractivity contribution < 1.29 is 34.4 Å². The minimum Gasteiger partial charge on any atom is -0.393 e. The maximum atomic E-state index is 13.8. The van der Waals surface area contributed by atoms with Gasteiger partial charge in [-0.25, -0.2) is 0 Å². The molecule has 0 radical (unpaired) electrons. The first-order chi connectivity index (χ1) is 20.5. The third kappa shape index (κ3) is 4.14. The van der Waals surface area contributed by atoms with Crippen LogP contribution in [0.25, 0.3) is 0 Å². The number of aromatic nitrogens is 1. The molecule has 0 unspecified atom stereocenters. The minimum atomic E-state index is -1.36. The summed E-state index contributed by atoms with van der Waals surface area (Å²) < 4.78 is 15.3. The highest BCUT2D eigenvalue weighted by Gasteiger charge is 2.75. The highest BCUT2D eigenvalue weighted by atomic mass is 16.7. The van der Waals surface area contributed by atoms with Crippen LogP contribution in [0.3, 0.4) is 0 Å². The molecule has 43 heavy (non-hydrogen) atoms. The molecule has 1 aromatic carbocycles. The van der Waals surface area contributed by atoms with Gasteiger partial charge in [0.2, 0.25) is 0 Å². The summed E-state index contributed by atoms with van der Waals surface area (Å²) in [5.74, 6) is -0.288. The number of benzene rings is 1. The molecule has 0 bridgehead atoms. The molecule has 1 aliphatic heterocycles. The van der Waals surface area contributed by atoms with E-state index in [1.54, 1.807) is 19.1 Å². The Morgan fingerprint density at radius 2 is 1.95 bits per heavy atom. The van der Waals surface area contributed by atoms with Crippen molar-refractivity contribution in [3.63, 3.8) is 0 Å². The molecule has 7 rings (SSSR count). The van der Waals surface area contributed by atoms with Gasteiger partial charge in [0.25, 0.3) is 0 Å². The molecule has 4 aliphatic carbocycles. The van der Waals surface area contributed by atoms with Crippen LogP contribution in [-0.4, -0.2) is 55.9 Å². The molecule has 10 atom stereocenters. The Balaban J connectivity index is 1.16. The van der Waals surface area contributed by atoms with Gasteiger partial charge in [-0.1, -0.05) is 49.8 Å². The van der Waals surface area contributed by atoms with Crippen LogP contribution >= 0.6 is 0 Å². The molecule has 8 heteroatoms. The van der Waals surface area contributed by atoms with E-state index in [4.69, 9.17) is 9.47 Å². The van der Waals surface area contributed by atoms with Crippen molar-refractivity contribution in [1.29, 1.82) is 0 Å². The number of aliphatic hydroxyl groups is 3. The maximum absolute atomic E-state index is 13.8. The van der Waals surface area contributed by atoms with E-state index in [-0.39, 0.29) is 29.3 Å². The Labute approximate surface area is 252 Å². The van der Waals surface area contributed by atoms with Gasteiger partial charge in [-0.3, -0.25) is 9.59 Å². The number of ether oxygens (including phenoxy) is 2. The summed E-state index contributed by atoms with van der Waals surface area (Å²) in [7, 11) is 0. The molecule has 0 amide bonds. The predicted molar refractivity (Wildman–Crippen MR) is 158 cm³/mol. The van der Waals surface area contributed by atoms with Gasteiger partial charge in [0.05, 0.1) is 18.3 Å². The number of ketones is 2. The van der Waals surface area contributed by atoms with E-state index in [1.807, 2.05) is 60.3 Å².